The molecule has 3 heteroatoms. The van der Waals surface area contributed by atoms with Crippen molar-refractivity contribution in [3.8, 4) is 0 Å². The molecule has 0 spiro atoms. The molecule has 90 valence electrons. The number of nitrogens with one attached hydrogen (secondary N) is 1. The molecule has 2 rings (SSSR count). The second kappa shape index (κ2) is 5.17. The van der Waals surface area contributed by atoms with E-state index in [2.05, 4.69) is 11.9 Å². The van der Waals surface area contributed by atoms with Crippen molar-refractivity contribution in [2.75, 3.05) is 6.54 Å². The Kier molecular flexibility index (Phi) is 3.61. The summed E-state index contributed by atoms with van der Waals surface area (Å²) in [5.74, 6) is 0.353. The van der Waals surface area contributed by atoms with Gasteiger partial charge < -0.3 is 15.8 Å². The number of aromatic nitrogens is 1. The Balaban J connectivity index is 2.18. The van der Waals surface area contributed by atoms with Crippen molar-refractivity contribution in [3.05, 3.63) is 59.4 Å². The molecule has 0 aliphatic heterocycles. The van der Waals surface area contributed by atoms with Crippen LogP contribution in [0.2, 0.25) is 0 Å². The van der Waals surface area contributed by atoms with Gasteiger partial charge >= 0.3 is 0 Å². The Bertz CT molecular complexity index is 448. The lowest BCUT2D eigenvalue weighted by Crippen LogP contribution is -2.09. The molecule has 0 saturated heterocycles. The number of benzene rings is 1. The number of rotatable bonds is 4. The van der Waals surface area contributed by atoms with Crippen LogP contribution in [0.15, 0.2) is 42.6 Å². The molecule has 0 bridgehead atoms. The highest BCUT2D eigenvalue weighted by atomic mass is 16.3. The van der Waals surface area contributed by atoms with E-state index < -0.39 is 6.10 Å². The molecule has 17 heavy (non-hydrogen) atoms. The minimum Gasteiger partial charge on any atom is -0.382 e. The van der Waals surface area contributed by atoms with Gasteiger partial charge in [0, 0.05) is 11.9 Å². The third kappa shape index (κ3) is 2.57. The molecule has 3 nitrogen and oxygen atoms in total. The van der Waals surface area contributed by atoms with E-state index in [1.54, 1.807) is 0 Å². The molecule has 0 amide bonds. The third-order valence-corrected chi connectivity index (χ3v) is 3.09. The van der Waals surface area contributed by atoms with Crippen LogP contribution in [0.4, 0.5) is 0 Å². The molecule has 1 heterocycles. The number of hydrogen-bond acceptors (Lipinski definition) is 2. The smallest absolute Gasteiger partial charge is 0.119 e. The zero-order valence-corrected chi connectivity index (χ0v) is 9.93. The second-order valence-corrected chi connectivity index (χ2v) is 4.33. The van der Waals surface area contributed by atoms with Crippen molar-refractivity contribution in [1.29, 1.82) is 0 Å². The first kappa shape index (κ1) is 11.9. The van der Waals surface area contributed by atoms with Crippen LogP contribution in [0.3, 0.4) is 0 Å². The van der Waals surface area contributed by atoms with Gasteiger partial charge in [0.15, 0.2) is 0 Å². The maximum atomic E-state index is 10.1. The van der Waals surface area contributed by atoms with E-state index in [9.17, 15) is 5.11 Å². The Labute approximate surface area is 101 Å². The van der Waals surface area contributed by atoms with Crippen molar-refractivity contribution in [2.24, 2.45) is 5.73 Å². The van der Waals surface area contributed by atoms with Crippen molar-refractivity contribution in [1.82, 2.24) is 4.98 Å². The van der Waals surface area contributed by atoms with Gasteiger partial charge in [0.25, 0.3) is 0 Å². The Morgan fingerprint density at radius 3 is 2.35 bits per heavy atom. The highest BCUT2D eigenvalue weighted by Crippen LogP contribution is 2.22. The first-order chi connectivity index (χ1) is 8.22. The number of aliphatic hydroxyl groups is 1. The van der Waals surface area contributed by atoms with Crippen LogP contribution >= 0.6 is 0 Å². The molecular weight excluding hydrogens is 212 g/mol. The fraction of sp³-hybridized carbons (Fsp3) is 0.286. The average molecular weight is 230 g/mol. The predicted molar refractivity (Wildman–Crippen MR) is 68.8 cm³/mol. The highest BCUT2D eigenvalue weighted by molar-refractivity contribution is 5.30. The van der Waals surface area contributed by atoms with E-state index in [-0.39, 0.29) is 0 Å². The molecule has 0 aliphatic carbocycles. The topological polar surface area (TPSA) is 62.0 Å². The summed E-state index contributed by atoms with van der Waals surface area (Å²) < 4.78 is 0. The van der Waals surface area contributed by atoms with Crippen molar-refractivity contribution < 1.29 is 5.11 Å². The van der Waals surface area contributed by atoms with Gasteiger partial charge in [0.05, 0.1) is 0 Å². The van der Waals surface area contributed by atoms with E-state index >= 15 is 0 Å². The van der Waals surface area contributed by atoms with Crippen LogP contribution in [0.25, 0.3) is 0 Å². The summed E-state index contributed by atoms with van der Waals surface area (Å²) in [5, 5.41) is 10.1. The van der Waals surface area contributed by atoms with Gasteiger partial charge in [-0.05, 0) is 35.7 Å². The summed E-state index contributed by atoms with van der Waals surface area (Å²) in [6, 6.07) is 11.7. The van der Waals surface area contributed by atoms with Crippen LogP contribution in [-0.4, -0.2) is 16.6 Å². The van der Waals surface area contributed by atoms with Gasteiger partial charge in [0.1, 0.15) is 6.10 Å². The SMILES string of the molecule is CC(CN)c1ccc(C(O)c2ccc[nH]2)cc1. The Morgan fingerprint density at radius 1 is 1.18 bits per heavy atom. The summed E-state index contributed by atoms with van der Waals surface area (Å²) in [5.41, 5.74) is 8.53. The maximum absolute atomic E-state index is 10.1. The van der Waals surface area contributed by atoms with Gasteiger partial charge in [-0.25, -0.2) is 0 Å². The van der Waals surface area contributed by atoms with Crippen molar-refractivity contribution in [3.63, 3.8) is 0 Å². The largest absolute Gasteiger partial charge is 0.382 e. The van der Waals surface area contributed by atoms with E-state index in [1.807, 2.05) is 42.6 Å². The predicted octanol–water partition coefficient (Wildman–Crippen LogP) is 2.16. The quantitative estimate of drug-likeness (QED) is 0.753. The molecule has 0 aliphatic rings. The number of nitrogens with two attached hydrogens (primary N) is 1. The molecule has 2 atom stereocenters. The average Bonchev–Trinajstić information content (AvgIpc) is 2.91. The maximum Gasteiger partial charge on any atom is 0.119 e. The molecule has 0 fully saturated rings. The van der Waals surface area contributed by atoms with E-state index in [1.165, 1.54) is 5.56 Å². The summed E-state index contributed by atoms with van der Waals surface area (Å²) in [4.78, 5) is 3.01. The Hall–Kier alpha value is -1.58. The second-order valence-electron chi connectivity index (χ2n) is 4.33. The summed E-state index contributed by atoms with van der Waals surface area (Å²) >= 11 is 0. The van der Waals surface area contributed by atoms with Crippen molar-refractivity contribution in [2.45, 2.75) is 18.9 Å². The first-order valence-corrected chi connectivity index (χ1v) is 5.83. The zero-order chi connectivity index (χ0) is 12.3. The highest BCUT2D eigenvalue weighted by Gasteiger charge is 2.11. The number of H-pyrrole nitrogens is 1. The Morgan fingerprint density at radius 2 is 1.82 bits per heavy atom. The van der Waals surface area contributed by atoms with Crippen LogP contribution in [0.1, 0.15) is 35.8 Å². The summed E-state index contributed by atoms with van der Waals surface area (Å²) in [7, 11) is 0. The van der Waals surface area contributed by atoms with E-state index in [0.29, 0.717) is 12.5 Å². The fourth-order valence-electron chi connectivity index (χ4n) is 1.84. The number of hydrogen-bond donors (Lipinski definition) is 3. The molecule has 4 N–H and O–H groups in total. The molecule has 2 unspecified atom stereocenters. The third-order valence-electron chi connectivity index (χ3n) is 3.09. The van der Waals surface area contributed by atoms with E-state index in [4.69, 9.17) is 5.73 Å². The van der Waals surface area contributed by atoms with Gasteiger partial charge in [-0.1, -0.05) is 31.2 Å². The number of aliphatic hydroxyl groups excluding tert-OH is 1. The van der Waals surface area contributed by atoms with Gasteiger partial charge in [-0.15, -0.1) is 0 Å². The minimum absolute atomic E-state index is 0.353. The van der Waals surface area contributed by atoms with Crippen LogP contribution in [0, 0.1) is 0 Å². The normalized spacial score (nSPS) is 14.5. The van der Waals surface area contributed by atoms with Gasteiger partial charge in [0.2, 0.25) is 0 Å². The van der Waals surface area contributed by atoms with Crippen molar-refractivity contribution >= 4 is 0 Å². The van der Waals surface area contributed by atoms with E-state index in [0.717, 1.165) is 11.3 Å². The molecule has 1 aromatic heterocycles. The van der Waals surface area contributed by atoms with Gasteiger partial charge in [-0.2, -0.15) is 0 Å². The molecular formula is C14H18N2O. The zero-order valence-electron chi connectivity index (χ0n) is 9.93. The molecule has 2 aromatic rings. The lowest BCUT2D eigenvalue weighted by atomic mass is 9.98. The molecule has 1 aromatic carbocycles. The lowest BCUT2D eigenvalue weighted by molar-refractivity contribution is 0.216. The van der Waals surface area contributed by atoms with Crippen LogP contribution in [-0.2, 0) is 0 Å². The van der Waals surface area contributed by atoms with Crippen LogP contribution < -0.4 is 5.73 Å². The number of aromatic amines is 1. The lowest BCUT2D eigenvalue weighted by Gasteiger charge is -2.12. The molecule has 0 saturated carbocycles. The van der Waals surface area contributed by atoms with Crippen LogP contribution in [0.5, 0.6) is 0 Å². The minimum atomic E-state index is -0.591. The molecule has 0 radical (unpaired) electrons. The standard InChI is InChI=1S/C14H18N2O/c1-10(9-15)11-4-6-12(7-5-11)14(17)13-3-2-8-16-13/h2-8,10,14,16-17H,9,15H2,1H3. The van der Waals surface area contributed by atoms with Gasteiger partial charge in [-0.3, -0.25) is 0 Å². The monoisotopic (exact) mass is 230 g/mol. The fourth-order valence-corrected chi connectivity index (χ4v) is 1.84. The first-order valence-electron chi connectivity index (χ1n) is 5.83. The summed E-state index contributed by atoms with van der Waals surface area (Å²) in [6.45, 7) is 2.73. The summed E-state index contributed by atoms with van der Waals surface area (Å²) in [6.07, 6.45) is 1.22.